The number of methoxy groups -OCH3 is 1. The minimum absolute atomic E-state index is 0.0177. The molecule has 0 saturated carbocycles. The zero-order valence-electron chi connectivity index (χ0n) is 10.4. The fourth-order valence-electron chi connectivity index (χ4n) is 1.28. The van der Waals surface area contributed by atoms with Crippen LogP contribution in [0.15, 0.2) is 18.3 Å². The van der Waals surface area contributed by atoms with E-state index in [2.05, 4.69) is 10.3 Å². The number of hydrogen-bond acceptors (Lipinski definition) is 5. The quantitative estimate of drug-likeness (QED) is 0.649. The van der Waals surface area contributed by atoms with Gasteiger partial charge in [-0.2, -0.15) is 0 Å². The summed E-state index contributed by atoms with van der Waals surface area (Å²) in [5, 5.41) is 11.2. The molecule has 0 aliphatic rings. The fraction of sp³-hybridized carbons (Fsp3) is 0.500. The van der Waals surface area contributed by atoms with Gasteiger partial charge in [-0.05, 0) is 12.5 Å². The van der Waals surface area contributed by atoms with Crippen molar-refractivity contribution in [3.8, 4) is 5.88 Å². The molecule has 6 heteroatoms. The van der Waals surface area contributed by atoms with Gasteiger partial charge < -0.3 is 19.9 Å². The van der Waals surface area contributed by atoms with Crippen LogP contribution >= 0.6 is 0 Å². The lowest BCUT2D eigenvalue weighted by atomic mass is 10.2. The molecular formula is C12H18N2O4. The van der Waals surface area contributed by atoms with E-state index in [9.17, 15) is 4.79 Å². The van der Waals surface area contributed by atoms with Crippen LogP contribution in [0, 0.1) is 0 Å². The minimum Gasteiger partial charge on any atom is -0.481 e. The van der Waals surface area contributed by atoms with Gasteiger partial charge in [-0.25, -0.2) is 4.98 Å². The lowest BCUT2D eigenvalue weighted by molar-refractivity contribution is 0.0867. The molecule has 0 radical (unpaired) electrons. The number of ether oxygens (including phenoxy) is 2. The van der Waals surface area contributed by atoms with Crippen LogP contribution in [0.2, 0.25) is 0 Å². The third-order valence-corrected chi connectivity index (χ3v) is 2.19. The first-order chi connectivity index (χ1) is 8.77. The van der Waals surface area contributed by atoms with E-state index in [1.807, 2.05) is 0 Å². The van der Waals surface area contributed by atoms with E-state index in [1.165, 1.54) is 13.3 Å². The second-order valence-corrected chi connectivity index (χ2v) is 3.53. The van der Waals surface area contributed by atoms with Crippen LogP contribution < -0.4 is 10.1 Å². The number of aliphatic hydroxyl groups excluding tert-OH is 1. The molecule has 1 heterocycles. The summed E-state index contributed by atoms with van der Waals surface area (Å²) in [7, 11) is 1.52. The number of rotatable bonds is 8. The number of aliphatic hydroxyl groups is 1. The summed E-state index contributed by atoms with van der Waals surface area (Å²) < 4.78 is 9.98. The summed E-state index contributed by atoms with van der Waals surface area (Å²) in [5.41, 5.74) is 0.493. The van der Waals surface area contributed by atoms with Gasteiger partial charge in [0.1, 0.15) is 0 Å². The Bertz CT molecular complexity index is 354. The molecule has 1 aromatic heterocycles. The highest BCUT2D eigenvalue weighted by molar-refractivity contribution is 5.93. The van der Waals surface area contributed by atoms with E-state index >= 15 is 0 Å². The van der Waals surface area contributed by atoms with Crippen LogP contribution in [0.3, 0.4) is 0 Å². The summed E-state index contributed by atoms with van der Waals surface area (Å²) in [6.07, 6.45) is 2.17. The van der Waals surface area contributed by atoms with Crippen LogP contribution in [0.5, 0.6) is 5.88 Å². The first-order valence-corrected chi connectivity index (χ1v) is 5.74. The molecule has 0 fully saturated rings. The Morgan fingerprint density at radius 3 is 2.89 bits per heavy atom. The zero-order chi connectivity index (χ0) is 13.2. The summed E-state index contributed by atoms with van der Waals surface area (Å²) in [6, 6.07) is 3.29. The van der Waals surface area contributed by atoms with Gasteiger partial charge in [-0.3, -0.25) is 4.79 Å². The number of nitrogens with one attached hydrogen (secondary N) is 1. The van der Waals surface area contributed by atoms with Gasteiger partial charge >= 0.3 is 0 Å². The zero-order valence-corrected chi connectivity index (χ0v) is 10.4. The second-order valence-electron chi connectivity index (χ2n) is 3.53. The van der Waals surface area contributed by atoms with Gasteiger partial charge in [0.15, 0.2) is 0 Å². The van der Waals surface area contributed by atoms with E-state index in [4.69, 9.17) is 14.6 Å². The van der Waals surface area contributed by atoms with Crippen molar-refractivity contribution >= 4 is 5.91 Å². The maximum Gasteiger partial charge on any atom is 0.252 e. The molecule has 0 bridgehead atoms. The van der Waals surface area contributed by atoms with Crippen LogP contribution in [-0.4, -0.2) is 49.5 Å². The molecule has 0 aromatic carbocycles. The molecule has 1 amide bonds. The van der Waals surface area contributed by atoms with E-state index in [-0.39, 0.29) is 12.5 Å². The number of nitrogens with zero attached hydrogens (tertiary/aromatic N) is 1. The molecule has 100 valence electrons. The molecule has 0 atom stereocenters. The summed E-state index contributed by atoms with van der Waals surface area (Å²) in [5.74, 6) is 0.302. The Kier molecular flexibility index (Phi) is 6.75. The first-order valence-electron chi connectivity index (χ1n) is 5.74. The minimum atomic E-state index is -0.174. The average Bonchev–Trinajstić information content (AvgIpc) is 2.42. The van der Waals surface area contributed by atoms with Crippen molar-refractivity contribution in [1.29, 1.82) is 0 Å². The van der Waals surface area contributed by atoms with Crippen LogP contribution in [-0.2, 0) is 4.74 Å². The molecule has 0 aliphatic carbocycles. The normalized spacial score (nSPS) is 10.1. The molecule has 1 rings (SSSR count). The third kappa shape index (κ3) is 5.11. The van der Waals surface area contributed by atoms with Gasteiger partial charge in [0.25, 0.3) is 5.91 Å². The Balaban J connectivity index is 2.23. The number of hydrogen-bond donors (Lipinski definition) is 2. The van der Waals surface area contributed by atoms with Crippen molar-refractivity contribution in [3.63, 3.8) is 0 Å². The fourth-order valence-corrected chi connectivity index (χ4v) is 1.28. The summed E-state index contributed by atoms with van der Waals surface area (Å²) in [6.45, 7) is 1.39. The highest BCUT2D eigenvalue weighted by Crippen LogP contribution is 2.06. The maximum atomic E-state index is 11.7. The van der Waals surface area contributed by atoms with Crippen molar-refractivity contribution in [1.82, 2.24) is 10.3 Å². The molecule has 1 aromatic rings. The van der Waals surface area contributed by atoms with Gasteiger partial charge in [-0.15, -0.1) is 0 Å². The number of carbonyl (C=O) groups is 1. The lowest BCUT2D eigenvalue weighted by Crippen LogP contribution is -2.25. The third-order valence-electron chi connectivity index (χ3n) is 2.19. The van der Waals surface area contributed by atoms with Crippen LogP contribution in [0.1, 0.15) is 16.8 Å². The second kappa shape index (κ2) is 8.43. The van der Waals surface area contributed by atoms with E-state index < -0.39 is 0 Å². The van der Waals surface area contributed by atoms with E-state index in [0.29, 0.717) is 37.6 Å². The lowest BCUT2D eigenvalue weighted by Gasteiger charge is -2.06. The standard InChI is InChI=1S/C12H18N2O4/c1-17-11-4-3-10(9-14-11)12(16)13-5-2-7-18-8-6-15/h3-4,9,15H,2,5-8H2,1H3,(H,13,16). The molecule has 0 unspecified atom stereocenters. The van der Waals surface area contributed by atoms with Crippen LogP contribution in [0.25, 0.3) is 0 Å². The average molecular weight is 254 g/mol. The number of carbonyl (C=O) groups excluding carboxylic acids is 1. The predicted molar refractivity (Wildman–Crippen MR) is 65.6 cm³/mol. The van der Waals surface area contributed by atoms with Crippen molar-refractivity contribution < 1.29 is 19.4 Å². The molecule has 18 heavy (non-hydrogen) atoms. The Labute approximate surface area is 106 Å². The summed E-state index contributed by atoms with van der Waals surface area (Å²) >= 11 is 0. The van der Waals surface area contributed by atoms with Gasteiger partial charge in [0.2, 0.25) is 5.88 Å². The molecule has 0 spiro atoms. The van der Waals surface area contributed by atoms with E-state index in [0.717, 1.165) is 0 Å². The Morgan fingerprint density at radius 2 is 2.28 bits per heavy atom. The highest BCUT2D eigenvalue weighted by atomic mass is 16.5. The van der Waals surface area contributed by atoms with Gasteiger partial charge in [0, 0.05) is 25.4 Å². The van der Waals surface area contributed by atoms with Crippen molar-refractivity contribution in [3.05, 3.63) is 23.9 Å². The first kappa shape index (κ1) is 14.4. The molecule has 0 saturated heterocycles. The molecular weight excluding hydrogens is 236 g/mol. The van der Waals surface area contributed by atoms with Crippen LogP contribution in [0.4, 0.5) is 0 Å². The van der Waals surface area contributed by atoms with Crippen molar-refractivity contribution in [2.75, 3.05) is 33.5 Å². The topological polar surface area (TPSA) is 80.7 Å². The number of aromatic nitrogens is 1. The SMILES string of the molecule is COc1ccc(C(=O)NCCCOCCO)cn1. The Hall–Kier alpha value is -1.66. The summed E-state index contributed by atoms with van der Waals surface area (Å²) in [4.78, 5) is 15.6. The monoisotopic (exact) mass is 254 g/mol. The van der Waals surface area contributed by atoms with E-state index in [1.54, 1.807) is 12.1 Å². The predicted octanol–water partition coefficient (Wildman–Crippen LogP) is 0.219. The number of pyridine rings is 1. The molecule has 2 N–H and O–H groups in total. The smallest absolute Gasteiger partial charge is 0.252 e. The van der Waals surface area contributed by atoms with Gasteiger partial charge in [-0.1, -0.05) is 0 Å². The largest absolute Gasteiger partial charge is 0.481 e. The van der Waals surface area contributed by atoms with Gasteiger partial charge in [0.05, 0.1) is 25.9 Å². The van der Waals surface area contributed by atoms with Crippen molar-refractivity contribution in [2.24, 2.45) is 0 Å². The van der Waals surface area contributed by atoms with Crippen molar-refractivity contribution in [2.45, 2.75) is 6.42 Å². The maximum absolute atomic E-state index is 11.7. The highest BCUT2D eigenvalue weighted by Gasteiger charge is 2.05. The molecule has 0 aliphatic heterocycles. The Morgan fingerprint density at radius 1 is 1.44 bits per heavy atom. The number of amides is 1. The molecule has 6 nitrogen and oxygen atoms in total.